The Kier molecular flexibility index (Phi) is 4.36. The second-order valence-electron chi connectivity index (χ2n) is 4.00. The summed E-state index contributed by atoms with van der Waals surface area (Å²) in [5.74, 6) is 0.565. The summed E-state index contributed by atoms with van der Waals surface area (Å²) in [5.41, 5.74) is 0.719. The Bertz CT molecular complexity index is 602. The first kappa shape index (κ1) is 13.4. The molecule has 0 unspecified atom stereocenters. The van der Waals surface area contributed by atoms with Crippen molar-refractivity contribution >= 4 is 29.0 Å². The normalized spacial score (nSPS) is 10.6. The van der Waals surface area contributed by atoms with Crippen LogP contribution in [0.4, 0.5) is 5.69 Å². The second kappa shape index (κ2) is 6.20. The molecule has 0 fully saturated rings. The summed E-state index contributed by atoms with van der Waals surface area (Å²) in [6.45, 7) is 2.04. The van der Waals surface area contributed by atoms with Gasteiger partial charge in [-0.3, -0.25) is 4.79 Å². The smallest absolute Gasteiger partial charge is 0.248 e. The Balaban J connectivity index is 1.99. The maximum absolute atomic E-state index is 11.8. The largest absolute Gasteiger partial charge is 0.497 e. The molecular weight excluding hydrogens is 258 g/mol. The highest BCUT2D eigenvalue weighted by Crippen LogP contribution is 2.18. The van der Waals surface area contributed by atoms with Crippen molar-refractivity contribution in [1.29, 1.82) is 0 Å². The lowest BCUT2D eigenvalue weighted by Crippen LogP contribution is -2.07. The molecule has 0 saturated carbocycles. The number of carbonyl (C=O) groups excluding carboxylic acids is 1. The minimum absolute atomic E-state index is 0.153. The van der Waals surface area contributed by atoms with E-state index in [1.54, 1.807) is 24.5 Å². The van der Waals surface area contributed by atoms with E-state index in [9.17, 15) is 4.79 Å². The van der Waals surface area contributed by atoms with Gasteiger partial charge in [-0.15, -0.1) is 11.3 Å². The molecule has 0 aliphatic heterocycles. The van der Waals surface area contributed by atoms with E-state index in [1.165, 1.54) is 11.0 Å². The van der Waals surface area contributed by atoms with E-state index in [-0.39, 0.29) is 5.91 Å². The van der Waals surface area contributed by atoms with Crippen LogP contribution < -0.4 is 10.1 Å². The van der Waals surface area contributed by atoms with Crippen molar-refractivity contribution in [3.05, 3.63) is 52.2 Å². The maximum atomic E-state index is 11.8. The zero-order valence-electron chi connectivity index (χ0n) is 10.8. The van der Waals surface area contributed by atoms with Crippen molar-refractivity contribution in [2.24, 2.45) is 0 Å². The lowest BCUT2D eigenvalue weighted by Gasteiger charge is -2.04. The molecule has 1 aromatic carbocycles. The molecule has 0 aliphatic rings. The fourth-order valence-electron chi connectivity index (χ4n) is 1.59. The summed E-state index contributed by atoms with van der Waals surface area (Å²) < 4.78 is 5.10. The number of methoxy groups -OCH3 is 1. The molecule has 0 saturated heterocycles. The zero-order valence-corrected chi connectivity index (χ0v) is 11.7. The van der Waals surface area contributed by atoms with Gasteiger partial charge in [0.15, 0.2) is 0 Å². The van der Waals surface area contributed by atoms with Crippen molar-refractivity contribution in [3.8, 4) is 5.75 Å². The number of ether oxygens (including phenoxy) is 1. The first-order valence-electron chi connectivity index (χ1n) is 5.87. The summed E-state index contributed by atoms with van der Waals surface area (Å²) in [7, 11) is 1.60. The molecule has 3 nitrogen and oxygen atoms in total. The first-order valence-corrected chi connectivity index (χ1v) is 6.68. The van der Waals surface area contributed by atoms with Crippen LogP contribution in [0, 0.1) is 6.92 Å². The lowest BCUT2D eigenvalue weighted by atomic mass is 10.3. The molecule has 0 spiro atoms. The minimum atomic E-state index is -0.153. The topological polar surface area (TPSA) is 38.3 Å². The van der Waals surface area contributed by atoms with E-state index in [0.29, 0.717) is 0 Å². The van der Waals surface area contributed by atoms with Gasteiger partial charge in [0, 0.05) is 27.6 Å². The van der Waals surface area contributed by atoms with Crippen molar-refractivity contribution in [3.63, 3.8) is 0 Å². The van der Waals surface area contributed by atoms with Crippen LogP contribution in [0.2, 0.25) is 0 Å². The van der Waals surface area contributed by atoms with Crippen molar-refractivity contribution in [2.45, 2.75) is 6.92 Å². The Hall–Kier alpha value is -2.07. The van der Waals surface area contributed by atoms with Crippen molar-refractivity contribution < 1.29 is 9.53 Å². The van der Waals surface area contributed by atoms with Crippen molar-refractivity contribution in [1.82, 2.24) is 0 Å². The van der Waals surface area contributed by atoms with Gasteiger partial charge < -0.3 is 10.1 Å². The predicted octanol–water partition coefficient (Wildman–Crippen LogP) is 3.72. The van der Waals surface area contributed by atoms with E-state index in [1.807, 2.05) is 43.3 Å². The number of hydrogen-bond donors (Lipinski definition) is 1. The van der Waals surface area contributed by atoms with Crippen LogP contribution in [0.25, 0.3) is 6.08 Å². The third-order valence-corrected chi connectivity index (χ3v) is 3.46. The van der Waals surface area contributed by atoms with Crippen LogP contribution in [-0.4, -0.2) is 13.0 Å². The molecule has 4 heteroatoms. The average Bonchev–Trinajstić information content (AvgIpc) is 2.82. The summed E-state index contributed by atoms with van der Waals surface area (Å²) in [6, 6.07) is 11.3. The molecule has 98 valence electrons. The fraction of sp³-hybridized carbons (Fsp3) is 0.133. The van der Waals surface area contributed by atoms with Crippen LogP contribution in [-0.2, 0) is 4.79 Å². The summed E-state index contributed by atoms with van der Waals surface area (Å²) in [4.78, 5) is 14.1. The predicted molar refractivity (Wildman–Crippen MR) is 79.7 cm³/mol. The van der Waals surface area contributed by atoms with E-state index < -0.39 is 0 Å². The van der Waals surface area contributed by atoms with Gasteiger partial charge in [-0.25, -0.2) is 0 Å². The number of hydrogen-bond acceptors (Lipinski definition) is 3. The number of nitrogens with one attached hydrogen (secondary N) is 1. The number of thiophene rings is 1. The van der Waals surface area contributed by atoms with Gasteiger partial charge in [0.2, 0.25) is 5.91 Å². The molecule has 1 amide bonds. The molecule has 0 bridgehead atoms. The summed E-state index contributed by atoms with van der Waals surface area (Å²) in [5, 5.41) is 2.79. The Labute approximate surface area is 116 Å². The van der Waals surface area contributed by atoms with Crippen LogP contribution in [0.15, 0.2) is 42.5 Å². The van der Waals surface area contributed by atoms with E-state index >= 15 is 0 Å². The van der Waals surface area contributed by atoms with Crippen LogP contribution in [0.1, 0.15) is 9.75 Å². The number of rotatable bonds is 4. The molecule has 1 aromatic heterocycles. The SMILES string of the molecule is COc1cccc(NC(=O)/C=C/c2ccc(C)s2)c1. The van der Waals surface area contributed by atoms with Gasteiger partial charge in [0.1, 0.15) is 5.75 Å². The molecular formula is C15H15NO2S. The zero-order chi connectivity index (χ0) is 13.7. The maximum Gasteiger partial charge on any atom is 0.248 e. The third-order valence-electron chi connectivity index (χ3n) is 2.50. The molecule has 1 heterocycles. The molecule has 0 atom stereocenters. The molecule has 19 heavy (non-hydrogen) atoms. The molecule has 0 aliphatic carbocycles. The summed E-state index contributed by atoms with van der Waals surface area (Å²) in [6.07, 6.45) is 3.35. The number of benzene rings is 1. The average molecular weight is 273 g/mol. The van der Waals surface area contributed by atoms with Crippen LogP contribution >= 0.6 is 11.3 Å². The van der Waals surface area contributed by atoms with Gasteiger partial charge in [-0.05, 0) is 37.3 Å². The first-order chi connectivity index (χ1) is 9.17. The van der Waals surface area contributed by atoms with Gasteiger partial charge >= 0.3 is 0 Å². The second-order valence-corrected chi connectivity index (χ2v) is 5.32. The minimum Gasteiger partial charge on any atom is -0.497 e. The van der Waals surface area contributed by atoms with E-state index in [2.05, 4.69) is 5.32 Å². The monoisotopic (exact) mass is 273 g/mol. The van der Waals surface area contributed by atoms with Gasteiger partial charge in [-0.2, -0.15) is 0 Å². The molecule has 0 radical (unpaired) electrons. The Morgan fingerprint density at radius 1 is 1.32 bits per heavy atom. The Morgan fingerprint density at radius 2 is 2.16 bits per heavy atom. The number of amides is 1. The quantitative estimate of drug-likeness (QED) is 0.862. The highest BCUT2D eigenvalue weighted by Gasteiger charge is 2.00. The van der Waals surface area contributed by atoms with Gasteiger partial charge in [0.05, 0.1) is 7.11 Å². The number of carbonyl (C=O) groups is 1. The standard InChI is InChI=1S/C15H15NO2S/c1-11-6-7-14(19-11)8-9-15(17)16-12-4-3-5-13(10-12)18-2/h3-10H,1-2H3,(H,16,17)/b9-8+. The molecule has 1 N–H and O–H groups in total. The molecule has 2 rings (SSSR count). The van der Waals surface area contributed by atoms with E-state index in [4.69, 9.17) is 4.74 Å². The van der Waals surface area contributed by atoms with Crippen molar-refractivity contribution in [2.75, 3.05) is 12.4 Å². The van der Waals surface area contributed by atoms with Gasteiger partial charge in [-0.1, -0.05) is 6.07 Å². The van der Waals surface area contributed by atoms with Crippen LogP contribution in [0.3, 0.4) is 0 Å². The van der Waals surface area contributed by atoms with E-state index in [0.717, 1.165) is 16.3 Å². The summed E-state index contributed by atoms with van der Waals surface area (Å²) >= 11 is 1.66. The highest BCUT2D eigenvalue weighted by atomic mass is 32.1. The van der Waals surface area contributed by atoms with Gasteiger partial charge in [0.25, 0.3) is 0 Å². The number of anilines is 1. The fourth-order valence-corrected chi connectivity index (χ4v) is 2.37. The third kappa shape index (κ3) is 3.96. The molecule has 2 aromatic rings. The lowest BCUT2D eigenvalue weighted by molar-refractivity contribution is -0.111. The van der Waals surface area contributed by atoms with Crippen LogP contribution in [0.5, 0.6) is 5.75 Å². The number of aryl methyl sites for hydroxylation is 1. The Morgan fingerprint density at radius 3 is 2.84 bits per heavy atom. The highest BCUT2D eigenvalue weighted by molar-refractivity contribution is 7.12.